The van der Waals surface area contributed by atoms with Gasteiger partial charge in [-0.3, -0.25) is 9.59 Å². The van der Waals surface area contributed by atoms with E-state index >= 15 is 0 Å². The van der Waals surface area contributed by atoms with Crippen molar-refractivity contribution >= 4 is 58.0 Å². The number of fused-ring (bicyclic) bond motifs is 5. The summed E-state index contributed by atoms with van der Waals surface area (Å²) in [4.78, 5) is 23.9. The van der Waals surface area contributed by atoms with Crippen LogP contribution in [0.1, 0.15) is 72.1 Å². The van der Waals surface area contributed by atoms with Gasteiger partial charge in [-0.15, -0.1) is 46.4 Å². The van der Waals surface area contributed by atoms with Gasteiger partial charge in [-0.25, -0.2) is 0 Å². The highest BCUT2D eigenvalue weighted by Crippen LogP contribution is 2.64. The Hall–Kier alpha value is 0.240. The molecule has 0 aromatic carbocycles. The van der Waals surface area contributed by atoms with Gasteiger partial charge in [0.25, 0.3) is 0 Å². The van der Waals surface area contributed by atoms with E-state index in [1.54, 1.807) is 6.92 Å². The summed E-state index contributed by atoms with van der Waals surface area (Å²) in [6, 6.07) is 0. The van der Waals surface area contributed by atoms with Gasteiger partial charge < -0.3 is 0 Å². The highest BCUT2D eigenvalue weighted by molar-refractivity contribution is 6.43. The highest BCUT2D eigenvalue weighted by atomic mass is 35.5. The first-order valence-electron chi connectivity index (χ1n) is 10.8. The van der Waals surface area contributed by atoms with E-state index in [9.17, 15) is 9.59 Å². The summed E-state index contributed by atoms with van der Waals surface area (Å²) in [7, 11) is 0. The summed E-state index contributed by atoms with van der Waals surface area (Å²) < 4.78 is 0. The summed E-state index contributed by atoms with van der Waals surface area (Å²) in [5, 5.41) is 0. The van der Waals surface area contributed by atoms with Gasteiger partial charge in [0.1, 0.15) is 10.6 Å². The van der Waals surface area contributed by atoms with Crippen LogP contribution in [0.4, 0.5) is 0 Å². The van der Waals surface area contributed by atoms with Gasteiger partial charge in [0.15, 0.2) is 5.78 Å². The molecule has 4 aliphatic rings. The molecule has 4 aliphatic carbocycles. The molecule has 2 nitrogen and oxygen atoms in total. The third kappa shape index (κ3) is 5.54. The molecule has 4 rings (SSSR count). The van der Waals surface area contributed by atoms with Crippen LogP contribution in [0.25, 0.3) is 0 Å². The second kappa shape index (κ2) is 10.7. The quantitative estimate of drug-likeness (QED) is 0.365. The van der Waals surface area contributed by atoms with Gasteiger partial charge in [-0.05, 0) is 74.7 Å². The molecule has 0 spiro atoms. The first kappa shape index (κ1) is 25.5. The second-order valence-electron chi connectivity index (χ2n) is 9.28. The van der Waals surface area contributed by atoms with Crippen LogP contribution in [-0.4, -0.2) is 28.2 Å². The molecule has 5 atom stereocenters. The van der Waals surface area contributed by atoms with Crippen molar-refractivity contribution in [2.45, 2.75) is 77.0 Å². The van der Waals surface area contributed by atoms with Crippen LogP contribution in [0.15, 0.2) is 11.6 Å². The zero-order valence-electron chi connectivity index (χ0n) is 17.8. The van der Waals surface area contributed by atoms with Gasteiger partial charge in [0, 0.05) is 30.0 Å². The summed E-state index contributed by atoms with van der Waals surface area (Å²) in [5.41, 5.74) is 1.64. The minimum absolute atomic E-state index is 0.0246. The highest BCUT2D eigenvalue weighted by Gasteiger charge is 2.58. The topological polar surface area (TPSA) is 34.1 Å². The maximum absolute atomic E-state index is 12.4. The zero-order chi connectivity index (χ0) is 21.8. The van der Waals surface area contributed by atoms with Crippen LogP contribution in [-0.2, 0) is 9.59 Å². The Bertz CT molecular complexity index is 628. The lowest BCUT2D eigenvalue weighted by Gasteiger charge is -2.56. The summed E-state index contributed by atoms with van der Waals surface area (Å²) in [6.07, 6.45) is 10.2. The molecule has 0 bridgehead atoms. The second-order valence-corrected chi connectivity index (χ2v) is 11.6. The number of Topliss-reactive ketones (excluding diaryl/α,β-unsaturated/α-hetero) is 1. The van der Waals surface area contributed by atoms with E-state index in [2.05, 4.69) is 13.8 Å². The Morgan fingerprint density at radius 1 is 0.931 bits per heavy atom. The molecule has 0 amide bonds. The number of carbonyl (C=O) groups is 2. The maximum atomic E-state index is 12.4. The SMILES string of the molecule is CC(Cl)Cl.C[C@]12CCC(=O)C=C1CC[C@@H]1[C@@H]2CC[C@]2(C)C(=O)CC[C@@H]12.ClCCCl. The lowest BCUT2D eigenvalue weighted by molar-refractivity contribution is -0.132. The molecule has 29 heavy (non-hydrogen) atoms. The Kier molecular flexibility index (Phi) is 9.41. The molecule has 0 unspecified atom stereocenters. The number of halogens is 4. The maximum Gasteiger partial charge on any atom is 0.155 e. The molecular formula is C23H34Cl4O2. The van der Waals surface area contributed by atoms with E-state index in [0.29, 0.717) is 41.1 Å². The van der Waals surface area contributed by atoms with E-state index in [4.69, 9.17) is 46.4 Å². The number of hydrogen-bond acceptors (Lipinski definition) is 2. The Balaban J connectivity index is 0.000000324. The van der Waals surface area contributed by atoms with Crippen LogP contribution < -0.4 is 0 Å². The van der Waals surface area contributed by atoms with Crippen molar-refractivity contribution in [3.05, 3.63) is 11.6 Å². The van der Waals surface area contributed by atoms with Crippen molar-refractivity contribution in [1.82, 2.24) is 0 Å². The number of allylic oxidation sites excluding steroid dienone is 1. The van der Waals surface area contributed by atoms with E-state index in [0.717, 1.165) is 38.5 Å². The van der Waals surface area contributed by atoms with Gasteiger partial charge in [0.2, 0.25) is 0 Å². The third-order valence-electron chi connectivity index (χ3n) is 7.74. The van der Waals surface area contributed by atoms with Gasteiger partial charge >= 0.3 is 0 Å². The average Bonchev–Trinajstić information content (AvgIpc) is 2.97. The van der Waals surface area contributed by atoms with Crippen molar-refractivity contribution in [1.29, 1.82) is 0 Å². The molecule has 0 aliphatic heterocycles. The Labute approximate surface area is 196 Å². The van der Waals surface area contributed by atoms with Gasteiger partial charge in [0.05, 0.1) is 0 Å². The Morgan fingerprint density at radius 3 is 2.10 bits per heavy atom. The van der Waals surface area contributed by atoms with Crippen molar-refractivity contribution in [3.63, 3.8) is 0 Å². The fourth-order valence-corrected chi connectivity index (χ4v) is 6.33. The predicted molar refractivity (Wildman–Crippen MR) is 124 cm³/mol. The van der Waals surface area contributed by atoms with Crippen molar-refractivity contribution in [3.8, 4) is 0 Å². The fourth-order valence-electron chi connectivity index (χ4n) is 6.33. The molecule has 0 heterocycles. The molecular weight excluding hydrogens is 450 g/mol. The number of ketones is 2. The summed E-state index contributed by atoms with van der Waals surface area (Å²) in [6.45, 7) is 6.34. The van der Waals surface area contributed by atoms with Crippen LogP contribution in [0, 0.1) is 28.6 Å². The van der Waals surface area contributed by atoms with Crippen LogP contribution in [0.3, 0.4) is 0 Å². The first-order valence-corrected chi connectivity index (χ1v) is 12.7. The van der Waals surface area contributed by atoms with Crippen LogP contribution in [0.5, 0.6) is 0 Å². The number of hydrogen-bond donors (Lipinski definition) is 0. The molecule has 0 saturated heterocycles. The van der Waals surface area contributed by atoms with Crippen LogP contribution in [0.2, 0.25) is 0 Å². The summed E-state index contributed by atoms with van der Waals surface area (Å²) >= 11 is 20.2. The Morgan fingerprint density at radius 2 is 1.52 bits per heavy atom. The van der Waals surface area contributed by atoms with Crippen molar-refractivity contribution < 1.29 is 9.59 Å². The minimum Gasteiger partial charge on any atom is -0.299 e. The van der Waals surface area contributed by atoms with E-state index in [1.165, 1.54) is 18.4 Å². The number of alkyl halides is 4. The average molecular weight is 484 g/mol. The van der Waals surface area contributed by atoms with Crippen molar-refractivity contribution in [2.24, 2.45) is 28.6 Å². The first-order chi connectivity index (χ1) is 13.6. The molecule has 3 saturated carbocycles. The lowest BCUT2D eigenvalue weighted by Crippen LogP contribution is -2.50. The lowest BCUT2D eigenvalue weighted by atomic mass is 9.47. The van der Waals surface area contributed by atoms with E-state index < -0.39 is 0 Å². The van der Waals surface area contributed by atoms with E-state index in [-0.39, 0.29) is 15.7 Å². The van der Waals surface area contributed by atoms with E-state index in [1.807, 2.05) is 6.08 Å². The fraction of sp³-hybridized carbons (Fsp3) is 0.826. The molecule has 0 aromatic heterocycles. The largest absolute Gasteiger partial charge is 0.299 e. The predicted octanol–water partition coefficient (Wildman–Crippen LogP) is 7.36. The standard InChI is InChI=1S/C19H26O2.2C2H4Cl2/c1-18-9-7-13(20)11-12(18)3-4-14-15-5-6-17(21)19(15,2)10-8-16(14)18;1-2(3)4;3-1-2-4/h11,14-16H,3-10H2,1-2H3;2H,1H3;1-2H2/t14-,15-,16-,18-,19-;;/m0../s1. The smallest absolute Gasteiger partial charge is 0.155 e. The normalized spacial score (nSPS) is 37.9. The molecule has 0 N–H and O–H groups in total. The zero-order valence-corrected chi connectivity index (χ0v) is 20.8. The van der Waals surface area contributed by atoms with Gasteiger partial charge in [-0.2, -0.15) is 0 Å². The minimum atomic E-state index is -0.222. The van der Waals surface area contributed by atoms with Gasteiger partial charge in [-0.1, -0.05) is 19.4 Å². The molecule has 0 aromatic rings. The molecule has 3 fully saturated rings. The van der Waals surface area contributed by atoms with Crippen LogP contribution >= 0.6 is 46.4 Å². The summed E-state index contributed by atoms with van der Waals surface area (Å²) in [5.74, 6) is 4.00. The number of carbonyl (C=O) groups excluding carboxylic acids is 2. The third-order valence-corrected chi connectivity index (χ3v) is 8.31. The van der Waals surface area contributed by atoms with Crippen molar-refractivity contribution in [2.75, 3.05) is 11.8 Å². The monoisotopic (exact) mass is 482 g/mol. The molecule has 6 heteroatoms. The molecule has 166 valence electrons. The molecule has 0 radical (unpaired) electrons. The number of rotatable bonds is 1.